The molecule has 2 aromatic rings. The van der Waals surface area contributed by atoms with Gasteiger partial charge in [-0.2, -0.15) is 0 Å². The third-order valence-corrected chi connectivity index (χ3v) is 20.7. The lowest BCUT2D eigenvalue weighted by Crippen LogP contribution is -2.42. The Bertz CT molecular complexity index is 1390. The van der Waals surface area contributed by atoms with E-state index in [-0.39, 0.29) is 0 Å². The monoisotopic (exact) mass is 832 g/mol. The van der Waals surface area contributed by atoms with E-state index >= 15 is 0 Å². The Balaban J connectivity index is 0.000000550. The van der Waals surface area contributed by atoms with Gasteiger partial charge < -0.3 is 31.0 Å². The summed E-state index contributed by atoms with van der Waals surface area (Å²) >= 11 is 0. The Morgan fingerprint density at radius 2 is 0.655 bits per heavy atom. The highest BCUT2D eigenvalue weighted by Crippen LogP contribution is 2.16. The fourth-order valence-corrected chi connectivity index (χ4v) is 10.6. The molecule has 0 amide bonds. The summed E-state index contributed by atoms with van der Waals surface area (Å²) in [7, 11) is 4.65. The van der Waals surface area contributed by atoms with Crippen LogP contribution in [0.4, 0.5) is 0 Å². The van der Waals surface area contributed by atoms with Gasteiger partial charge in [0, 0.05) is 107 Å². The molecule has 55 heavy (non-hydrogen) atoms. The first-order valence-electron chi connectivity index (χ1n) is 19.3. The molecule has 15 heteroatoms. The molecule has 310 valence electrons. The summed E-state index contributed by atoms with van der Waals surface area (Å²) in [5.41, 5.74) is 4.42. The van der Waals surface area contributed by atoms with Crippen LogP contribution in [-0.4, -0.2) is 135 Å². The second kappa shape index (κ2) is 28.2. The number of rotatable bonds is 27. The predicted octanol–water partition coefficient (Wildman–Crippen LogP) is 8.56. The fourth-order valence-electron chi connectivity index (χ4n) is 5.13. The van der Waals surface area contributed by atoms with Crippen LogP contribution in [0.1, 0.15) is 47.9 Å². The third-order valence-electron chi connectivity index (χ3n) is 9.56. The highest BCUT2D eigenvalue weighted by Gasteiger charge is 2.36. The van der Waals surface area contributed by atoms with Gasteiger partial charge in [0.05, 0.1) is 0 Å². The molecular weight excluding hydrogens is 761 g/mol. The summed E-state index contributed by atoms with van der Waals surface area (Å²) in [6.07, 6.45) is 11.7. The van der Waals surface area contributed by atoms with Crippen LogP contribution in [0.15, 0.2) is 68.5 Å². The molecule has 0 saturated carbocycles. The lowest BCUT2D eigenvalue weighted by molar-refractivity contribution is 0.123. The van der Waals surface area contributed by atoms with E-state index in [0.717, 1.165) is 98.3 Å². The molecular formula is C40H72N4O7Si4. The highest BCUT2D eigenvalue weighted by atomic mass is 28.4. The minimum absolute atomic E-state index is 0.717. The molecule has 0 atom stereocenters. The smallest absolute Gasteiger partial charge is 0.420 e. The van der Waals surface area contributed by atoms with Crippen LogP contribution in [0, 0.1) is 0 Å². The Morgan fingerprint density at radius 3 is 0.909 bits per heavy atom. The molecule has 0 spiro atoms. The van der Waals surface area contributed by atoms with Crippen LogP contribution < -0.4 is 0 Å². The van der Waals surface area contributed by atoms with E-state index in [1.807, 2.05) is 39.1 Å². The zero-order chi connectivity index (χ0) is 41.1. The first kappa shape index (κ1) is 50.7. The van der Waals surface area contributed by atoms with Crippen LogP contribution in [0.2, 0.25) is 56.9 Å². The number of nitrogens with zero attached hydrogens (tertiary/aromatic N) is 4. The van der Waals surface area contributed by atoms with Crippen molar-refractivity contribution in [3.8, 4) is 0 Å². The summed E-state index contributed by atoms with van der Waals surface area (Å²) < 4.78 is 38.3. The van der Waals surface area contributed by atoms with Crippen molar-refractivity contribution >= 4 is 58.9 Å². The van der Waals surface area contributed by atoms with Gasteiger partial charge in [-0.15, -0.1) is 0 Å². The van der Waals surface area contributed by atoms with E-state index in [1.54, 1.807) is 35.5 Å². The van der Waals surface area contributed by atoms with E-state index in [0.29, 0.717) is 0 Å². The van der Waals surface area contributed by atoms with Gasteiger partial charge in [-0.3, -0.25) is 20.0 Å². The average Bonchev–Trinajstić information content (AvgIpc) is 3.20. The van der Waals surface area contributed by atoms with Gasteiger partial charge in [0.2, 0.25) is 0 Å². The molecule has 2 aromatic carbocycles. The topological polar surface area (TPSA) is 114 Å². The number of hydrogen-bond donors (Lipinski definition) is 0. The first-order valence-corrected chi connectivity index (χ1v) is 30.0. The van der Waals surface area contributed by atoms with Crippen molar-refractivity contribution in [2.24, 2.45) is 20.0 Å². The van der Waals surface area contributed by atoms with Crippen LogP contribution in [0.5, 0.6) is 0 Å². The van der Waals surface area contributed by atoms with Crippen LogP contribution in [-0.2, 0) is 31.0 Å². The van der Waals surface area contributed by atoms with Crippen LogP contribution in [0.3, 0.4) is 0 Å². The van der Waals surface area contributed by atoms with Crippen LogP contribution >= 0.6 is 0 Å². The lowest BCUT2D eigenvalue weighted by Gasteiger charge is -2.23. The Labute approximate surface area is 337 Å². The lowest BCUT2D eigenvalue weighted by atomic mass is 10.1. The van der Waals surface area contributed by atoms with E-state index in [4.69, 9.17) is 31.0 Å². The fraction of sp³-hybridized carbons (Fsp3) is 0.600. The minimum Gasteiger partial charge on any atom is -0.420 e. The van der Waals surface area contributed by atoms with E-state index in [1.165, 1.54) is 0 Å². The van der Waals surface area contributed by atoms with Gasteiger partial charge in [0.1, 0.15) is 0 Å². The molecule has 0 saturated heterocycles. The van der Waals surface area contributed by atoms with Crippen molar-refractivity contribution in [3.63, 3.8) is 0 Å². The van der Waals surface area contributed by atoms with Crippen molar-refractivity contribution in [1.29, 1.82) is 0 Å². The Morgan fingerprint density at radius 1 is 0.382 bits per heavy atom. The molecule has 0 aliphatic rings. The number of benzene rings is 2. The zero-order valence-electron chi connectivity index (χ0n) is 36.1. The second-order valence-corrected chi connectivity index (χ2v) is 30.2. The van der Waals surface area contributed by atoms with Gasteiger partial charge >= 0.3 is 17.4 Å². The van der Waals surface area contributed by atoms with Gasteiger partial charge in [0.25, 0.3) is 0 Å². The normalized spacial score (nSPS) is 13.1. The molecule has 0 unspecified atom stereocenters. The SMILES string of the molecule is CO[Si](C)(C)CCCN=Cc1ccc(C=NCCC[Si](C)(OC)OC)cc1.CO[Si](C)(C)CCCN=Cc1ccc(C=NCCC[Si](OC)(OC)OC)cc1. The standard InChI is InChI=1S/C20H36N2O4Si2.C20H36N2O3Si2/c1-23-27(5,6)15-7-13-21-17-19-9-11-20(12-10-19)18-22-14-8-16-28(24-2,25-3)26-4;1-23-26(4,5)15-7-13-21-17-19-9-11-20(12-10-19)18-22-14-8-16-27(6,24-2)25-3/h9-12,17-18H,7-8,13-16H2,1-6H3;9-12,17-18H,7-8,13-16H2,1-6H3. The summed E-state index contributed by atoms with van der Waals surface area (Å²) in [4.78, 5) is 18.0. The molecule has 0 fully saturated rings. The summed E-state index contributed by atoms with van der Waals surface area (Å²) in [5, 5.41) is 0. The van der Waals surface area contributed by atoms with Crippen molar-refractivity contribution < 1.29 is 31.0 Å². The van der Waals surface area contributed by atoms with Crippen molar-refractivity contribution in [3.05, 3.63) is 70.8 Å². The maximum Gasteiger partial charge on any atom is 0.500 e. The zero-order valence-corrected chi connectivity index (χ0v) is 40.1. The molecule has 2 rings (SSSR count). The average molecular weight is 833 g/mol. The molecule has 11 nitrogen and oxygen atoms in total. The van der Waals surface area contributed by atoms with E-state index in [9.17, 15) is 0 Å². The summed E-state index contributed by atoms with van der Waals surface area (Å²) in [6.45, 7) is 14.3. The van der Waals surface area contributed by atoms with E-state index < -0.39 is 34.0 Å². The predicted molar refractivity (Wildman–Crippen MR) is 242 cm³/mol. The second-order valence-electron chi connectivity index (χ2n) is 14.7. The van der Waals surface area contributed by atoms with Gasteiger partial charge in [-0.25, -0.2) is 0 Å². The van der Waals surface area contributed by atoms with Gasteiger partial charge in [-0.05, 0) is 98.8 Å². The molecule has 0 bridgehead atoms. The quantitative estimate of drug-likeness (QED) is 0.0504. The number of hydrogen-bond acceptors (Lipinski definition) is 11. The highest BCUT2D eigenvalue weighted by molar-refractivity contribution is 6.71. The molecule has 0 aromatic heterocycles. The minimum atomic E-state index is -2.48. The Hall–Kier alpha value is -2.29. The van der Waals surface area contributed by atoms with E-state index in [2.05, 4.69) is 101 Å². The molecule has 0 aliphatic carbocycles. The first-order chi connectivity index (χ1) is 26.2. The molecule has 0 N–H and O–H groups in total. The molecule has 0 aliphatic heterocycles. The summed E-state index contributed by atoms with van der Waals surface area (Å²) in [5.74, 6) is 0. The van der Waals surface area contributed by atoms with Crippen molar-refractivity contribution in [1.82, 2.24) is 0 Å². The van der Waals surface area contributed by atoms with Gasteiger partial charge in [-0.1, -0.05) is 48.5 Å². The van der Waals surface area contributed by atoms with Gasteiger partial charge in [0.15, 0.2) is 16.6 Å². The molecule has 0 heterocycles. The number of aliphatic imine (C=N–C) groups is 4. The third kappa shape index (κ3) is 22.9. The van der Waals surface area contributed by atoms with Crippen LogP contribution in [0.25, 0.3) is 0 Å². The van der Waals surface area contributed by atoms with Crippen molar-refractivity contribution in [2.75, 3.05) is 75.9 Å². The maximum absolute atomic E-state index is 5.56. The Kier molecular flexibility index (Phi) is 26.0. The maximum atomic E-state index is 5.56. The molecule has 0 radical (unpaired) electrons. The summed E-state index contributed by atoms with van der Waals surface area (Å²) in [6, 6.07) is 20.6. The van der Waals surface area contributed by atoms with Crippen molar-refractivity contribution in [2.45, 2.75) is 82.6 Å². The largest absolute Gasteiger partial charge is 0.500 e.